The summed E-state index contributed by atoms with van der Waals surface area (Å²) in [6, 6.07) is 7.85. The molecule has 0 amide bonds. The minimum atomic E-state index is 0.761. The molecule has 1 aliphatic rings. The van der Waals surface area contributed by atoms with E-state index in [2.05, 4.69) is 13.8 Å². The van der Waals surface area contributed by atoms with Crippen molar-refractivity contribution in [3.8, 4) is 11.5 Å². The number of methoxy groups -OCH3 is 1. The molecule has 1 aromatic carbocycles. The Morgan fingerprint density at radius 1 is 1.16 bits per heavy atom. The summed E-state index contributed by atoms with van der Waals surface area (Å²) in [5, 5.41) is 0. The number of benzene rings is 1. The molecule has 0 aromatic heterocycles. The van der Waals surface area contributed by atoms with E-state index in [-0.39, 0.29) is 0 Å². The first-order chi connectivity index (χ1) is 9.20. The lowest BCUT2D eigenvalue weighted by Gasteiger charge is -2.32. The lowest BCUT2D eigenvalue weighted by molar-refractivity contribution is -0.909. The maximum Gasteiger partial charge on any atom is 0.161 e. The molecule has 19 heavy (non-hydrogen) atoms. The summed E-state index contributed by atoms with van der Waals surface area (Å²) in [5.41, 5.74) is 0. The molecule has 3 nitrogen and oxygen atoms in total. The SMILES string of the molecule is COc1ccccc1OCC[NH+]1CC[C@H](C)[C@@H](C)C1. The van der Waals surface area contributed by atoms with Crippen LogP contribution in [0, 0.1) is 11.8 Å². The Balaban J connectivity index is 1.77. The van der Waals surface area contributed by atoms with Crippen LogP contribution >= 0.6 is 0 Å². The third-order valence-corrected chi connectivity index (χ3v) is 4.32. The Bertz CT molecular complexity index is 394. The van der Waals surface area contributed by atoms with Gasteiger partial charge in [0.25, 0.3) is 0 Å². The van der Waals surface area contributed by atoms with Crippen molar-refractivity contribution < 1.29 is 14.4 Å². The summed E-state index contributed by atoms with van der Waals surface area (Å²) in [6.07, 6.45) is 1.34. The third kappa shape index (κ3) is 3.87. The van der Waals surface area contributed by atoms with Crippen LogP contribution in [0.25, 0.3) is 0 Å². The largest absolute Gasteiger partial charge is 0.493 e. The van der Waals surface area contributed by atoms with Crippen LogP contribution in [0.3, 0.4) is 0 Å². The van der Waals surface area contributed by atoms with E-state index >= 15 is 0 Å². The first-order valence-corrected chi connectivity index (χ1v) is 7.30. The Labute approximate surface area is 116 Å². The van der Waals surface area contributed by atoms with Crippen molar-refractivity contribution in [2.45, 2.75) is 20.3 Å². The average molecular weight is 264 g/mol. The number of hydrogen-bond acceptors (Lipinski definition) is 2. The molecule has 1 N–H and O–H groups in total. The summed E-state index contributed by atoms with van der Waals surface area (Å²) in [4.78, 5) is 1.67. The number of likely N-dealkylation sites (tertiary alicyclic amines) is 1. The fraction of sp³-hybridized carbons (Fsp3) is 0.625. The second-order valence-electron chi connectivity index (χ2n) is 5.70. The molecule has 0 saturated carbocycles. The van der Waals surface area contributed by atoms with Crippen LogP contribution in [0.5, 0.6) is 11.5 Å². The van der Waals surface area contributed by atoms with Crippen LogP contribution in [0.2, 0.25) is 0 Å². The van der Waals surface area contributed by atoms with Gasteiger partial charge in [-0.25, -0.2) is 0 Å². The number of piperidine rings is 1. The maximum absolute atomic E-state index is 5.85. The van der Waals surface area contributed by atoms with Crippen LogP contribution in [0.4, 0.5) is 0 Å². The number of nitrogens with one attached hydrogen (secondary N) is 1. The first-order valence-electron chi connectivity index (χ1n) is 7.30. The van der Waals surface area contributed by atoms with Crippen molar-refractivity contribution in [1.82, 2.24) is 0 Å². The lowest BCUT2D eigenvalue weighted by Crippen LogP contribution is -3.14. The number of rotatable bonds is 5. The third-order valence-electron chi connectivity index (χ3n) is 4.32. The van der Waals surface area contributed by atoms with Crippen LogP contribution in [0.1, 0.15) is 20.3 Å². The molecule has 2 rings (SSSR count). The Morgan fingerprint density at radius 2 is 1.89 bits per heavy atom. The average Bonchev–Trinajstić information content (AvgIpc) is 2.43. The van der Waals surface area contributed by atoms with Crippen LogP contribution in [-0.4, -0.2) is 33.4 Å². The van der Waals surface area contributed by atoms with Gasteiger partial charge in [0.1, 0.15) is 13.2 Å². The second-order valence-corrected chi connectivity index (χ2v) is 5.70. The second kappa shape index (κ2) is 6.80. The highest BCUT2D eigenvalue weighted by molar-refractivity contribution is 5.39. The van der Waals surface area contributed by atoms with E-state index in [1.807, 2.05) is 24.3 Å². The van der Waals surface area contributed by atoms with Crippen LogP contribution in [0.15, 0.2) is 24.3 Å². The molecule has 1 unspecified atom stereocenters. The van der Waals surface area contributed by atoms with Crippen molar-refractivity contribution in [2.75, 3.05) is 33.4 Å². The van der Waals surface area contributed by atoms with Gasteiger partial charge in [0, 0.05) is 5.92 Å². The summed E-state index contributed by atoms with van der Waals surface area (Å²) >= 11 is 0. The summed E-state index contributed by atoms with van der Waals surface area (Å²) < 4.78 is 11.1. The van der Waals surface area contributed by atoms with Gasteiger partial charge < -0.3 is 14.4 Å². The molecule has 0 radical (unpaired) electrons. The minimum Gasteiger partial charge on any atom is -0.493 e. The minimum absolute atomic E-state index is 0.761. The number of para-hydroxylation sites is 2. The molecule has 0 aliphatic carbocycles. The van der Waals surface area contributed by atoms with E-state index in [1.54, 1.807) is 12.0 Å². The molecule has 1 heterocycles. The highest BCUT2D eigenvalue weighted by Gasteiger charge is 2.25. The predicted octanol–water partition coefficient (Wildman–Crippen LogP) is 1.63. The zero-order valence-electron chi connectivity index (χ0n) is 12.3. The fourth-order valence-electron chi connectivity index (χ4n) is 2.75. The van der Waals surface area contributed by atoms with Gasteiger partial charge in [-0.15, -0.1) is 0 Å². The smallest absolute Gasteiger partial charge is 0.161 e. The van der Waals surface area contributed by atoms with Crippen molar-refractivity contribution in [3.63, 3.8) is 0 Å². The van der Waals surface area contributed by atoms with Crippen LogP contribution < -0.4 is 14.4 Å². The predicted molar refractivity (Wildman–Crippen MR) is 77.0 cm³/mol. The zero-order valence-corrected chi connectivity index (χ0v) is 12.3. The molecule has 1 aliphatic heterocycles. The van der Waals surface area contributed by atoms with E-state index < -0.39 is 0 Å². The van der Waals surface area contributed by atoms with Crippen molar-refractivity contribution in [1.29, 1.82) is 0 Å². The maximum atomic E-state index is 5.85. The number of ether oxygens (including phenoxy) is 2. The normalized spacial score (nSPS) is 27.0. The van der Waals surface area contributed by atoms with Crippen LogP contribution in [-0.2, 0) is 0 Å². The van der Waals surface area contributed by atoms with E-state index in [9.17, 15) is 0 Å². The number of quaternary nitrogens is 1. The van der Waals surface area contributed by atoms with Gasteiger partial charge in [-0.1, -0.05) is 26.0 Å². The molecule has 3 heteroatoms. The molecule has 1 fully saturated rings. The highest BCUT2D eigenvalue weighted by Crippen LogP contribution is 2.25. The van der Waals surface area contributed by atoms with Gasteiger partial charge in [-0.05, 0) is 24.5 Å². The van der Waals surface area contributed by atoms with E-state index in [1.165, 1.54) is 19.5 Å². The van der Waals surface area contributed by atoms with Gasteiger partial charge in [0.05, 0.1) is 20.2 Å². The van der Waals surface area contributed by atoms with Crippen molar-refractivity contribution in [2.24, 2.45) is 11.8 Å². The zero-order chi connectivity index (χ0) is 13.7. The quantitative estimate of drug-likeness (QED) is 0.873. The molecule has 1 aromatic rings. The lowest BCUT2D eigenvalue weighted by atomic mass is 9.89. The number of hydrogen-bond donors (Lipinski definition) is 1. The summed E-state index contributed by atoms with van der Waals surface area (Å²) in [7, 11) is 1.68. The molecular weight excluding hydrogens is 238 g/mol. The molecule has 0 spiro atoms. The van der Waals surface area contributed by atoms with E-state index in [0.29, 0.717) is 0 Å². The molecule has 0 bridgehead atoms. The molecule has 1 saturated heterocycles. The highest BCUT2D eigenvalue weighted by atomic mass is 16.5. The fourth-order valence-corrected chi connectivity index (χ4v) is 2.75. The topological polar surface area (TPSA) is 22.9 Å². The van der Waals surface area contributed by atoms with E-state index in [4.69, 9.17) is 9.47 Å². The summed E-state index contributed by atoms with van der Waals surface area (Å²) in [5.74, 6) is 3.37. The van der Waals surface area contributed by atoms with Crippen molar-refractivity contribution in [3.05, 3.63) is 24.3 Å². The standard InChI is InChI=1S/C16H25NO2/c1-13-8-9-17(12-14(13)2)10-11-19-16-7-5-4-6-15(16)18-3/h4-7,13-14H,8-12H2,1-3H3/p+1/t13-,14-/m0/s1. The Morgan fingerprint density at radius 3 is 2.58 bits per heavy atom. The molecule has 3 atom stereocenters. The van der Waals surface area contributed by atoms with Gasteiger partial charge in [-0.3, -0.25) is 0 Å². The van der Waals surface area contributed by atoms with E-state index in [0.717, 1.165) is 36.5 Å². The monoisotopic (exact) mass is 264 g/mol. The summed E-state index contributed by atoms with van der Waals surface area (Å²) in [6.45, 7) is 9.13. The molecule has 106 valence electrons. The van der Waals surface area contributed by atoms with Gasteiger partial charge in [0.2, 0.25) is 0 Å². The Hall–Kier alpha value is -1.22. The van der Waals surface area contributed by atoms with Crippen molar-refractivity contribution >= 4 is 0 Å². The van der Waals surface area contributed by atoms with Gasteiger partial charge >= 0.3 is 0 Å². The van der Waals surface area contributed by atoms with Gasteiger partial charge in [0.15, 0.2) is 11.5 Å². The van der Waals surface area contributed by atoms with Gasteiger partial charge in [-0.2, -0.15) is 0 Å². The Kier molecular flexibility index (Phi) is 5.08. The first kappa shape index (κ1) is 14.2. The molecular formula is C16H26NO2+.